The topological polar surface area (TPSA) is 75.7 Å². The smallest absolute Gasteiger partial charge is 0.235 e. The molecule has 146 valence electrons. The molecular weight excluding hydrogens is 352 g/mol. The number of nitrogens with zero attached hydrogens (tertiary/aromatic N) is 1. The number of methoxy groups -OCH3 is 1. The molecule has 7 heteroatoms. The molecule has 0 aromatic heterocycles. The second kappa shape index (κ2) is 9.92. The van der Waals surface area contributed by atoms with E-state index in [9.17, 15) is 13.2 Å². The third kappa shape index (κ3) is 6.61. The van der Waals surface area contributed by atoms with Gasteiger partial charge in [0, 0.05) is 12.6 Å². The molecule has 0 radical (unpaired) electrons. The van der Waals surface area contributed by atoms with Gasteiger partial charge in [0.25, 0.3) is 0 Å². The fourth-order valence-electron chi connectivity index (χ4n) is 3.40. The van der Waals surface area contributed by atoms with Gasteiger partial charge in [0.2, 0.25) is 15.9 Å². The summed E-state index contributed by atoms with van der Waals surface area (Å²) in [6.45, 7) is 0.388. The molecule has 0 heterocycles. The van der Waals surface area contributed by atoms with Gasteiger partial charge >= 0.3 is 0 Å². The molecule has 6 nitrogen and oxygen atoms in total. The number of nitrogens with one attached hydrogen (secondary N) is 1. The van der Waals surface area contributed by atoms with Crippen molar-refractivity contribution < 1.29 is 17.9 Å². The number of sulfonamides is 1. The number of rotatable bonds is 8. The Morgan fingerprint density at radius 1 is 1.15 bits per heavy atom. The first-order valence-corrected chi connectivity index (χ1v) is 11.1. The van der Waals surface area contributed by atoms with Crippen LogP contribution in [0.15, 0.2) is 24.3 Å². The summed E-state index contributed by atoms with van der Waals surface area (Å²) in [4.78, 5) is 12.3. The highest BCUT2D eigenvalue weighted by Crippen LogP contribution is 2.23. The lowest BCUT2D eigenvalue weighted by atomic mass is 10.1. The van der Waals surface area contributed by atoms with Crippen molar-refractivity contribution in [3.8, 4) is 5.75 Å². The van der Waals surface area contributed by atoms with E-state index < -0.39 is 10.0 Å². The van der Waals surface area contributed by atoms with Crippen molar-refractivity contribution in [1.82, 2.24) is 9.62 Å². The molecule has 1 amide bonds. The molecule has 1 fully saturated rings. The number of ether oxygens (including phenoxy) is 1. The van der Waals surface area contributed by atoms with E-state index in [0.717, 1.165) is 49.8 Å². The Kier molecular flexibility index (Phi) is 7.90. The highest BCUT2D eigenvalue weighted by atomic mass is 32.2. The minimum absolute atomic E-state index is 0.0557. The van der Waals surface area contributed by atoms with Crippen molar-refractivity contribution in [3.05, 3.63) is 29.8 Å². The summed E-state index contributed by atoms with van der Waals surface area (Å²) in [5.74, 6) is 0.554. The number of benzene rings is 1. The first kappa shape index (κ1) is 20.7. The Morgan fingerprint density at radius 3 is 2.31 bits per heavy atom. The van der Waals surface area contributed by atoms with E-state index >= 15 is 0 Å². The summed E-state index contributed by atoms with van der Waals surface area (Å²) >= 11 is 0. The Bertz CT molecular complexity index is 665. The van der Waals surface area contributed by atoms with Gasteiger partial charge < -0.3 is 10.1 Å². The Hall–Kier alpha value is -1.60. The predicted octanol–water partition coefficient (Wildman–Crippen LogP) is 2.34. The van der Waals surface area contributed by atoms with E-state index in [0.29, 0.717) is 13.0 Å². The van der Waals surface area contributed by atoms with E-state index in [2.05, 4.69) is 5.32 Å². The molecule has 1 aliphatic carbocycles. The van der Waals surface area contributed by atoms with E-state index in [1.807, 2.05) is 24.3 Å². The maximum Gasteiger partial charge on any atom is 0.235 e. The molecule has 0 spiro atoms. The number of carbonyl (C=O) groups excluding carboxylic acids is 1. The zero-order valence-corrected chi connectivity index (χ0v) is 16.6. The minimum atomic E-state index is -3.40. The molecule has 26 heavy (non-hydrogen) atoms. The Labute approximate surface area is 157 Å². The van der Waals surface area contributed by atoms with E-state index in [4.69, 9.17) is 4.74 Å². The van der Waals surface area contributed by atoms with E-state index in [1.165, 1.54) is 10.6 Å². The third-order valence-electron chi connectivity index (χ3n) is 4.85. The van der Waals surface area contributed by atoms with Gasteiger partial charge in [0.15, 0.2) is 0 Å². The van der Waals surface area contributed by atoms with Crippen LogP contribution >= 0.6 is 0 Å². The molecule has 0 bridgehead atoms. The lowest BCUT2D eigenvalue weighted by Crippen LogP contribution is -2.46. The molecule has 1 aromatic rings. The van der Waals surface area contributed by atoms with Gasteiger partial charge in [-0.3, -0.25) is 4.79 Å². The van der Waals surface area contributed by atoms with Gasteiger partial charge in [-0.1, -0.05) is 37.8 Å². The van der Waals surface area contributed by atoms with Crippen molar-refractivity contribution in [1.29, 1.82) is 0 Å². The fraction of sp³-hybridized carbons (Fsp3) is 0.632. The van der Waals surface area contributed by atoms with Crippen molar-refractivity contribution in [3.63, 3.8) is 0 Å². The predicted molar refractivity (Wildman–Crippen MR) is 103 cm³/mol. The highest BCUT2D eigenvalue weighted by Gasteiger charge is 2.29. The highest BCUT2D eigenvalue weighted by molar-refractivity contribution is 7.88. The summed E-state index contributed by atoms with van der Waals surface area (Å²) in [5, 5.41) is 2.84. The standard InChI is InChI=1S/C19H30N2O4S/c1-25-18-11-9-16(10-12-18)13-14-20-19(22)15-21(26(2,23)24)17-7-5-3-4-6-8-17/h9-12,17H,3-8,13-15H2,1-2H3,(H,20,22). The second-order valence-corrected chi connectivity index (χ2v) is 8.84. The maximum atomic E-state index is 12.3. The van der Waals surface area contributed by atoms with Crippen LogP contribution in [0.2, 0.25) is 0 Å². The average molecular weight is 383 g/mol. The summed E-state index contributed by atoms with van der Waals surface area (Å²) in [6.07, 6.45) is 7.90. The number of carbonyl (C=O) groups is 1. The molecule has 0 aliphatic heterocycles. The lowest BCUT2D eigenvalue weighted by molar-refractivity contribution is -0.121. The van der Waals surface area contributed by atoms with Crippen LogP contribution < -0.4 is 10.1 Å². The molecule has 2 rings (SSSR count). The zero-order valence-electron chi connectivity index (χ0n) is 15.7. The molecule has 0 atom stereocenters. The summed E-state index contributed by atoms with van der Waals surface area (Å²) in [7, 11) is -1.78. The minimum Gasteiger partial charge on any atom is -0.497 e. The Morgan fingerprint density at radius 2 is 1.77 bits per heavy atom. The van der Waals surface area contributed by atoms with Gasteiger partial charge in [0.1, 0.15) is 5.75 Å². The summed E-state index contributed by atoms with van der Waals surface area (Å²) in [6, 6.07) is 7.63. The van der Waals surface area contributed by atoms with Crippen LogP contribution in [-0.2, 0) is 21.2 Å². The molecule has 1 aliphatic rings. The first-order valence-electron chi connectivity index (χ1n) is 9.26. The van der Waals surface area contributed by atoms with Gasteiger partial charge in [-0.25, -0.2) is 8.42 Å². The van der Waals surface area contributed by atoms with Gasteiger partial charge in [-0.2, -0.15) is 4.31 Å². The largest absolute Gasteiger partial charge is 0.497 e. The molecule has 0 saturated heterocycles. The third-order valence-corrected chi connectivity index (χ3v) is 6.13. The van der Waals surface area contributed by atoms with Gasteiger partial charge in [0.05, 0.1) is 19.9 Å². The van der Waals surface area contributed by atoms with Gasteiger partial charge in [-0.15, -0.1) is 0 Å². The van der Waals surface area contributed by atoms with Crippen molar-refractivity contribution >= 4 is 15.9 Å². The maximum absolute atomic E-state index is 12.3. The second-order valence-electron chi connectivity index (χ2n) is 6.90. The Balaban J connectivity index is 1.86. The van der Waals surface area contributed by atoms with Crippen molar-refractivity contribution in [2.45, 2.75) is 51.0 Å². The van der Waals surface area contributed by atoms with Crippen LogP contribution in [0.1, 0.15) is 44.1 Å². The molecule has 1 saturated carbocycles. The number of hydrogen-bond acceptors (Lipinski definition) is 4. The van der Waals surface area contributed by atoms with E-state index in [-0.39, 0.29) is 18.5 Å². The van der Waals surface area contributed by atoms with Crippen LogP contribution in [-0.4, -0.2) is 51.1 Å². The fourth-order valence-corrected chi connectivity index (χ4v) is 4.50. The zero-order chi connectivity index (χ0) is 19.0. The summed E-state index contributed by atoms with van der Waals surface area (Å²) in [5.41, 5.74) is 1.09. The number of hydrogen-bond donors (Lipinski definition) is 1. The summed E-state index contributed by atoms with van der Waals surface area (Å²) < 4.78 is 30.8. The molecule has 0 unspecified atom stereocenters. The molecule has 1 N–H and O–H groups in total. The lowest BCUT2D eigenvalue weighted by Gasteiger charge is -2.28. The quantitative estimate of drug-likeness (QED) is 0.700. The van der Waals surface area contributed by atoms with Crippen LogP contribution in [0.4, 0.5) is 0 Å². The monoisotopic (exact) mass is 382 g/mol. The first-order chi connectivity index (χ1) is 12.4. The van der Waals surface area contributed by atoms with Gasteiger partial charge in [-0.05, 0) is 37.0 Å². The number of amides is 1. The van der Waals surface area contributed by atoms with Crippen LogP contribution in [0.3, 0.4) is 0 Å². The van der Waals surface area contributed by atoms with Crippen LogP contribution in [0, 0.1) is 0 Å². The van der Waals surface area contributed by atoms with E-state index in [1.54, 1.807) is 7.11 Å². The van der Waals surface area contributed by atoms with Crippen molar-refractivity contribution in [2.24, 2.45) is 0 Å². The van der Waals surface area contributed by atoms with Crippen molar-refractivity contribution in [2.75, 3.05) is 26.5 Å². The van der Waals surface area contributed by atoms with Crippen LogP contribution in [0.25, 0.3) is 0 Å². The molecular formula is C19H30N2O4S. The van der Waals surface area contributed by atoms with Crippen LogP contribution in [0.5, 0.6) is 5.75 Å². The SMILES string of the molecule is COc1ccc(CCNC(=O)CN(C2CCCCCC2)S(C)(=O)=O)cc1. The average Bonchev–Trinajstić information content (AvgIpc) is 2.88. The molecule has 1 aromatic carbocycles. The normalized spacial score (nSPS) is 16.3.